The lowest BCUT2D eigenvalue weighted by Gasteiger charge is -1.86. The van der Waals surface area contributed by atoms with Crippen LogP contribution >= 0.6 is 34.8 Å². The van der Waals surface area contributed by atoms with E-state index in [-0.39, 0.29) is 17.5 Å². The van der Waals surface area contributed by atoms with Crippen molar-refractivity contribution >= 4 is 52.1 Å². The number of carbonyl (C=O) groups is 1. The maximum atomic E-state index is 9.92. The number of hydrogen-bond donors (Lipinski definition) is 1. The molecule has 0 aliphatic carbocycles. The maximum Gasteiger partial charge on any atom is 0.162 e. The second-order valence-corrected chi connectivity index (χ2v) is 5.19. The third kappa shape index (κ3) is 7.64. The third-order valence-electron chi connectivity index (χ3n) is 2.54. The molecule has 0 saturated carbocycles. The zero-order valence-corrected chi connectivity index (χ0v) is 15.0. The van der Waals surface area contributed by atoms with E-state index in [0.717, 1.165) is 11.3 Å². The summed E-state index contributed by atoms with van der Waals surface area (Å²) in [5.74, 6) is 0.982. The number of imidazole rings is 1. The lowest BCUT2D eigenvalue weighted by atomic mass is 10.5. The highest BCUT2D eigenvalue weighted by Gasteiger charge is 1.96. The van der Waals surface area contributed by atoms with E-state index in [1.807, 2.05) is 47.1 Å². The molecule has 128 valence electrons. The van der Waals surface area contributed by atoms with Crippen molar-refractivity contribution in [2.75, 3.05) is 17.5 Å². The van der Waals surface area contributed by atoms with Crippen molar-refractivity contribution in [1.29, 1.82) is 0 Å². The van der Waals surface area contributed by atoms with Crippen LogP contribution in [0, 0.1) is 0 Å². The number of nitrogen functional groups attached to an aromatic ring is 1. The topological polar surface area (TPSA) is 73.3 Å². The molecule has 3 aromatic heterocycles. The Morgan fingerprint density at radius 3 is 2.21 bits per heavy atom. The monoisotopic (exact) mass is 386 g/mol. The number of rotatable bonds is 3. The van der Waals surface area contributed by atoms with Gasteiger partial charge in [0.25, 0.3) is 0 Å². The molecule has 5 nitrogen and oxygen atoms in total. The maximum absolute atomic E-state index is 9.92. The summed E-state index contributed by atoms with van der Waals surface area (Å²) < 4.78 is 1.96. The Morgan fingerprint density at radius 1 is 1.08 bits per heavy atom. The fourth-order valence-electron chi connectivity index (χ4n) is 1.46. The van der Waals surface area contributed by atoms with E-state index in [9.17, 15) is 4.79 Å². The Morgan fingerprint density at radius 2 is 1.79 bits per heavy atom. The van der Waals surface area contributed by atoms with Crippen LogP contribution in [0.2, 0.25) is 0 Å². The molecular weight excluding hydrogens is 371 g/mol. The molecule has 0 aliphatic heterocycles. The summed E-state index contributed by atoms with van der Waals surface area (Å²) in [4.78, 5) is 17.9. The number of Topliss-reactive ketones (excluding diaryl/α,β-unsaturated/α-hetero) is 1. The predicted octanol–water partition coefficient (Wildman–Crippen LogP) is 3.77. The van der Waals surface area contributed by atoms with Crippen molar-refractivity contribution in [2.24, 2.45) is 0 Å². The van der Waals surface area contributed by atoms with Gasteiger partial charge in [-0.2, -0.15) is 0 Å². The summed E-state index contributed by atoms with van der Waals surface area (Å²) in [7, 11) is 0. The first kappa shape index (κ1) is 20.2. The molecule has 0 spiro atoms. The van der Waals surface area contributed by atoms with Gasteiger partial charge in [-0.15, -0.1) is 34.8 Å². The van der Waals surface area contributed by atoms with Gasteiger partial charge in [0.1, 0.15) is 11.5 Å². The van der Waals surface area contributed by atoms with E-state index in [1.54, 1.807) is 12.3 Å². The fraction of sp³-hybridized carbons (Fsp3) is 0.188. The fourth-order valence-corrected chi connectivity index (χ4v) is 1.88. The van der Waals surface area contributed by atoms with E-state index in [0.29, 0.717) is 11.7 Å². The Hall–Kier alpha value is -1.82. The summed E-state index contributed by atoms with van der Waals surface area (Å²) in [6.07, 6.45) is 5.55. The van der Waals surface area contributed by atoms with Gasteiger partial charge < -0.3 is 10.1 Å². The second-order valence-electron chi connectivity index (χ2n) is 4.39. The Bertz CT molecular complexity index is 695. The predicted molar refractivity (Wildman–Crippen MR) is 99.8 cm³/mol. The number of nitrogens with zero attached hydrogens (tertiary/aromatic N) is 3. The second kappa shape index (κ2) is 11.7. The summed E-state index contributed by atoms with van der Waals surface area (Å²) in [6, 6.07) is 11.3. The lowest BCUT2D eigenvalue weighted by molar-refractivity contribution is -0.114. The quantitative estimate of drug-likeness (QED) is 0.694. The molecular formula is C16H17Cl3N4O. The molecule has 0 saturated heterocycles. The van der Waals surface area contributed by atoms with E-state index in [2.05, 4.69) is 9.97 Å². The van der Waals surface area contributed by atoms with Crippen LogP contribution in [0.3, 0.4) is 0 Å². The molecule has 0 atom stereocenters. The zero-order chi connectivity index (χ0) is 17.8. The molecule has 8 heteroatoms. The van der Waals surface area contributed by atoms with E-state index in [1.165, 1.54) is 0 Å². The molecule has 2 N–H and O–H groups in total. The van der Waals surface area contributed by atoms with Gasteiger partial charge in [-0.3, -0.25) is 4.79 Å². The van der Waals surface area contributed by atoms with Crippen LogP contribution in [0.25, 0.3) is 5.65 Å². The number of nitrogens with two attached hydrogens (primary N) is 1. The van der Waals surface area contributed by atoms with Crippen LogP contribution < -0.4 is 5.73 Å². The minimum atomic E-state index is -0.127. The average molecular weight is 388 g/mol. The van der Waals surface area contributed by atoms with Crippen molar-refractivity contribution < 1.29 is 4.79 Å². The van der Waals surface area contributed by atoms with Crippen molar-refractivity contribution in [1.82, 2.24) is 14.4 Å². The van der Waals surface area contributed by atoms with Gasteiger partial charge in [-0.1, -0.05) is 12.1 Å². The molecule has 3 aromatic rings. The molecule has 0 amide bonds. The summed E-state index contributed by atoms with van der Waals surface area (Å²) in [6.45, 7) is 0. The highest BCUT2D eigenvalue weighted by atomic mass is 35.5. The summed E-state index contributed by atoms with van der Waals surface area (Å²) in [5, 5.41) is 0. The number of hydrogen-bond acceptors (Lipinski definition) is 4. The van der Waals surface area contributed by atoms with E-state index in [4.69, 9.17) is 40.5 Å². The van der Waals surface area contributed by atoms with E-state index < -0.39 is 0 Å². The number of fused-ring (bicyclic) bond motifs is 1. The number of halogens is 3. The smallest absolute Gasteiger partial charge is 0.162 e. The van der Waals surface area contributed by atoms with Crippen LogP contribution in [0.1, 0.15) is 5.69 Å². The zero-order valence-electron chi connectivity index (χ0n) is 12.8. The van der Waals surface area contributed by atoms with Crippen molar-refractivity contribution in [3.63, 3.8) is 0 Å². The van der Waals surface area contributed by atoms with Gasteiger partial charge in [0.05, 0.1) is 23.3 Å². The van der Waals surface area contributed by atoms with Crippen molar-refractivity contribution in [2.45, 2.75) is 5.88 Å². The van der Waals surface area contributed by atoms with Crippen LogP contribution in [-0.2, 0) is 10.7 Å². The minimum absolute atomic E-state index is 0.0312. The number of alkyl halides is 3. The minimum Gasteiger partial charge on any atom is -0.384 e. The SMILES string of the molecule is ClCc1cn2ccccc2n1.Nc1ccccn1.O=C(CCl)CCl. The normalized spacial score (nSPS) is 9.46. The van der Waals surface area contributed by atoms with Crippen LogP contribution in [-0.4, -0.2) is 31.9 Å². The Labute approximate surface area is 155 Å². The first-order valence-electron chi connectivity index (χ1n) is 6.89. The number of aromatic nitrogens is 3. The van der Waals surface area contributed by atoms with Gasteiger partial charge in [-0.05, 0) is 24.3 Å². The van der Waals surface area contributed by atoms with Gasteiger partial charge in [-0.25, -0.2) is 9.97 Å². The lowest BCUT2D eigenvalue weighted by Crippen LogP contribution is -1.98. The first-order chi connectivity index (χ1) is 11.6. The molecule has 3 heterocycles. The molecule has 3 rings (SSSR count). The Kier molecular flexibility index (Phi) is 9.84. The van der Waals surface area contributed by atoms with Gasteiger partial charge >= 0.3 is 0 Å². The highest BCUT2D eigenvalue weighted by Crippen LogP contribution is 2.05. The third-order valence-corrected chi connectivity index (χ3v) is 3.41. The van der Waals surface area contributed by atoms with Crippen LogP contribution in [0.5, 0.6) is 0 Å². The molecule has 0 unspecified atom stereocenters. The standard InChI is InChI=1S/C8H7ClN2.C5H6N2.C3H4Cl2O/c9-5-7-6-11-4-2-1-3-8(11)10-7;6-5-3-1-2-4-7-5;4-1-3(6)2-5/h1-4,6H,5H2;1-4H,(H2,6,7);1-2H2. The molecule has 0 fully saturated rings. The number of ketones is 1. The molecule has 0 bridgehead atoms. The molecule has 0 aliphatic rings. The molecule has 24 heavy (non-hydrogen) atoms. The highest BCUT2D eigenvalue weighted by molar-refractivity contribution is 6.35. The summed E-state index contributed by atoms with van der Waals surface area (Å²) >= 11 is 15.7. The van der Waals surface area contributed by atoms with Gasteiger partial charge in [0, 0.05) is 18.6 Å². The number of pyridine rings is 2. The van der Waals surface area contributed by atoms with Crippen LogP contribution in [0.4, 0.5) is 5.82 Å². The largest absolute Gasteiger partial charge is 0.384 e. The number of anilines is 1. The van der Waals surface area contributed by atoms with Gasteiger partial charge in [0.15, 0.2) is 5.78 Å². The van der Waals surface area contributed by atoms with Crippen molar-refractivity contribution in [3.05, 3.63) is 60.7 Å². The molecule has 0 aromatic carbocycles. The van der Waals surface area contributed by atoms with Crippen molar-refractivity contribution in [3.8, 4) is 0 Å². The van der Waals surface area contributed by atoms with Crippen LogP contribution in [0.15, 0.2) is 55.0 Å². The van der Waals surface area contributed by atoms with E-state index >= 15 is 0 Å². The molecule has 0 radical (unpaired) electrons. The van der Waals surface area contributed by atoms with Gasteiger partial charge in [0.2, 0.25) is 0 Å². The number of carbonyl (C=O) groups excluding carboxylic acids is 1. The summed E-state index contributed by atoms with van der Waals surface area (Å²) in [5.41, 5.74) is 7.11. The average Bonchev–Trinajstić information content (AvgIpc) is 3.06. The first-order valence-corrected chi connectivity index (χ1v) is 8.49. The Balaban J connectivity index is 0.000000194.